The Labute approximate surface area is 140 Å². The Kier molecular flexibility index (Phi) is 4.76. The normalized spacial score (nSPS) is 13.4. The van der Waals surface area contributed by atoms with Crippen LogP contribution in [0.1, 0.15) is 18.2 Å². The third-order valence-electron chi connectivity index (χ3n) is 3.35. The zero-order valence-corrected chi connectivity index (χ0v) is 14.9. The van der Waals surface area contributed by atoms with Crippen molar-refractivity contribution in [2.45, 2.75) is 35.7 Å². The van der Waals surface area contributed by atoms with Crippen molar-refractivity contribution in [1.82, 2.24) is 9.55 Å². The molecule has 0 N–H and O–H groups in total. The largest absolute Gasteiger partial charge is 0.287 e. The molecule has 6 heteroatoms. The molecule has 0 unspecified atom stereocenters. The van der Waals surface area contributed by atoms with E-state index >= 15 is 0 Å². The summed E-state index contributed by atoms with van der Waals surface area (Å²) in [6.45, 7) is 2.67. The monoisotopic (exact) mass is 382 g/mol. The summed E-state index contributed by atoms with van der Waals surface area (Å²) in [6.07, 6.45) is 0.908. The Bertz CT molecular complexity index is 713. The quantitative estimate of drug-likeness (QED) is 0.591. The lowest BCUT2D eigenvalue weighted by molar-refractivity contribution is 0.597. The van der Waals surface area contributed by atoms with Gasteiger partial charge in [-0.3, -0.25) is 9.36 Å². The van der Waals surface area contributed by atoms with Crippen LogP contribution in [0.2, 0.25) is 0 Å². The minimum absolute atomic E-state index is 0.128. The summed E-state index contributed by atoms with van der Waals surface area (Å²) >= 11 is 6.72. The summed E-state index contributed by atoms with van der Waals surface area (Å²) < 4.78 is 2.87. The fraction of sp³-hybridized carbons (Fsp3) is 0.333. The zero-order chi connectivity index (χ0) is 14.8. The predicted molar refractivity (Wildman–Crippen MR) is 92.3 cm³/mol. The molecule has 1 aromatic carbocycles. The average Bonchev–Trinajstić information content (AvgIpc) is 2.95. The molecular weight excluding hydrogens is 368 g/mol. The van der Waals surface area contributed by atoms with Gasteiger partial charge in [-0.25, -0.2) is 4.98 Å². The molecule has 0 aliphatic carbocycles. The molecule has 0 saturated carbocycles. The number of hydrogen-bond donors (Lipinski definition) is 0. The van der Waals surface area contributed by atoms with Crippen molar-refractivity contribution in [3.8, 4) is 0 Å². The van der Waals surface area contributed by atoms with Crippen LogP contribution in [0.15, 0.2) is 43.6 Å². The molecule has 0 saturated heterocycles. The maximum atomic E-state index is 12.5. The number of hydrogen-bond acceptors (Lipinski definition) is 4. The summed E-state index contributed by atoms with van der Waals surface area (Å²) in [4.78, 5) is 18.0. The van der Waals surface area contributed by atoms with Gasteiger partial charge in [-0.1, -0.05) is 39.8 Å². The van der Waals surface area contributed by atoms with Crippen LogP contribution in [0, 0.1) is 0 Å². The van der Waals surface area contributed by atoms with Crippen LogP contribution in [0.3, 0.4) is 0 Å². The first-order valence-corrected chi connectivity index (χ1v) is 9.59. The van der Waals surface area contributed by atoms with Gasteiger partial charge >= 0.3 is 0 Å². The number of benzene rings is 1. The van der Waals surface area contributed by atoms with Gasteiger partial charge in [0.25, 0.3) is 5.56 Å². The molecule has 2 heterocycles. The molecule has 0 bridgehead atoms. The molecule has 1 aliphatic heterocycles. The lowest BCUT2D eigenvalue weighted by Gasteiger charge is -2.11. The number of aromatic nitrogens is 2. The molecule has 0 atom stereocenters. The van der Waals surface area contributed by atoms with Crippen LogP contribution in [0.25, 0.3) is 0 Å². The molecule has 110 valence electrons. The van der Waals surface area contributed by atoms with E-state index in [1.807, 2.05) is 19.1 Å². The number of aryl methyl sites for hydroxylation is 1. The lowest BCUT2D eigenvalue weighted by atomic mass is 10.2. The van der Waals surface area contributed by atoms with Crippen LogP contribution in [0.4, 0.5) is 0 Å². The SMILES string of the molecule is CCn1c(SCc2ccc(Br)cc2)nc2c(c1=O)SCC2. The third-order valence-corrected chi connectivity index (χ3v) is 6.03. The van der Waals surface area contributed by atoms with E-state index in [9.17, 15) is 4.79 Å². The van der Waals surface area contributed by atoms with Crippen LogP contribution < -0.4 is 5.56 Å². The van der Waals surface area contributed by atoms with Gasteiger partial charge in [0.15, 0.2) is 5.16 Å². The van der Waals surface area contributed by atoms with Crippen LogP contribution >= 0.6 is 39.5 Å². The standard InChI is InChI=1S/C15H15BrN2OS2/c1-2-18-14(19)13-12(7-8-20-13)17-15(18)21-9-10-3-5-11(16)6-4-10/h3-6H,2,7-9H2,1H3. The Hall–Kier alpha value is -0.720. The second-order valence-corrected chi connectivity index (χ2v) is 7.70. The zero-order valence-electron chi connectivity index (χ0n) is 11.6. The Morgan fingerprint density at radius 3 is 2.86 bits per heavy atom. The summed E-state index contributed by atoms with van der Waals surface area (Å²) in [5.41, 5.74) is 2.34. The summed E-state index contributed by atoms with van der Waals surface area (Å²) in [5, 5.41) is 0.840. The molecule has 3 nitrogen and oxygen atoms in total. The Morgan fingerprint density at radius 2 is 2.14 bits per heavy atom. The number of rotatable bonds is 4. The van der Waals surface area contributed by atoms with Crippen LogP contribution in [-0.2, 0) is 18.7 Å². The van der Waals surface area contributed by atoms with Crippen LogP contribution in [-0.4, -0.2) is 15.3 Å². The van der Waals surface area contributed by atoms with E-state index in [0.29, 0.717) is 6.54 Å². The number of nitrogens with zero attached hydrogens (tertiary/aromatic N) is 2. The van der Waals surface area contributed by atoms with Crippen LogP contribution in [0.5, 0.6) is 0 Å². The van der Waals surface area contributed by atoms with Crippen molar-refractivity contribution in [3.05, 3.63) is 50.3 Å². The van der Waals surface area contributed by atoms with Gasteiger partial charge in [-0.2, -0.15) is 0 Å². The molecule has 1 aromatic heterocycles. The van der Waals surface area contributed by atoms with E-state index in [2.05, 4.69) is 28.1 Å². The van der Waals surface area contributed by atoms with Crippen molar-refractivity contribution >= 4 is 39.5 Å². The number of fused-ring (bicyclic) bond motifs is 1. The highest BCUT2D eigenvalue weighted by Gasteiger charge is 2.21. The van der Waals surface area contributed by atoms with Gasteiger partial charge in [0, 0.05) is 28.9 Å². The van der Waals surface area contributed by atoms with Gasteiger partial charge in [0.2, 0.25) is 0 Å². The molecule has 0 amide bonds. The molecular formula is C15H15BrN2OS2. The van der Waals surface area contributed by atoms with E-state index in [1.165, 1.54) is 5.56 Å². The lowest BCUT2D eigenvalue weighted by Crippen LogP contribution is -2.24. The molecule has 2 aromatic rings. The summed E-state index contributed by atoms with van der Waals surface area (Å²) in [6, 6.07) is 8.26. The second-order valence-electron chi connectivity index (χ2n) is 4.73. The fourth-order valence-electron chi connectivity index (χ4n) is 2.24. The maximum absolute atomic E-state index is 12.5. The van der Waals surface area contributed by atoms with E-state index in [0.717, 1.165) is 38.1 Å². The smallest absolute Gasteiger partial charge is 0.268 e. The highest BCUT2D eigenvalue weighted by molar-refractivity contribution is 9.10. The molecule has 1 aliphatic rings. The van der Waals surface area contributed by atoms with Crippen molar-refractivity contribution in [1.29, 1.82) is 0 Å². The minimum atomic E-state index is 0.128. The summed E-state index contributed by atoms with van der Waals surface area (Å²) in [7, 11) is 0. The van der Waals surface area contributed by atoms with E-state index < -0.39 is 0 Å². The number of thioether (sulfide) groups is 2. The Morgan fingerprint density at radius 1 is 1.38 bits per heavy atom. The van der Waals surface area contributed by atoms with Gasteiger partial charge < -0.3 is 0 Å². The second kappa shape index (κ2) is 6.58. The topological polar surface area (TPSA) is 34.9 Å². The van der Waals surface area contributed by atoms with E-state index in [-0.39, 0.29) is 5.56 Å². The van der Waals surface area contributed by atoms with E-state index in [4.69, 9.17) is 4.98 Å². The molecule has 21 heavy (non-hydrogen) atoms. The van der Waals surface area contributed by atoms with Crippen molar-refractivity contribution in [3.63, 3.8) is 0 Å². The van der Waals surface area contributed by atoms with Gasteiger partial charge in [-0.15, -0.1) is 11.8 Å². The molecule has 3 rings (SSSR count). The first-order chi connectivity index (χ1) is 10.2. The maximum Gasteiger partial charge on any atom is 0.268 e. The minimum Gasteiger partial charge on any atom is -0.287 e. The van der Waals surface area contributed by atoms with Crippen molar-refractivity contribution < 1.29 is 0 Å². The first kappa shape index (κ1) is 15.2. The highest BCUT2D eigenvalue weighted by Crippen LogP contribution is 2.29. The first-order valence-electron chi connectivity index (χ1n) is 6.82. The average molecular weight is 383 g/mol. The fourth-order valence-corrected chi connectivity index (χ4v) is 4.58. The highest BCUT2D eigenvalue weighted by atomic mass is 79.9. The number of halogens is 1. The molecule has 0 spiro atoms. The third kappa shape index (κ3) is 3.22. The predicted octanol–water partition coefficient (Wildman–Crippen LogP) is 3.97. The van der Waals surface area contributed by atoms with Crippen molar-refractivity contribution in [2.24, 2.45) is 0 Å². The summed E-state index contributed by atoms with van der Waals surface area (Å²) in [5.74, 6) is 1.80. The van der Waals surface area contributed by atoms with Gasteiger partial charge in [-0.05, 0) is 24.6 Å². The van der Waals surface area contributed by atoms with Gasteiger partial charge in [0.1, 0.15) is 0 Å². The molecule has 0 radical (unpaired) electrons. The van der Waals surface area contributed by atoms with Gasteiger partial charge in [0.05, 0.1) is 10.6 Å². The van der Waals surface area contributed by atoms with Crippen molar-refractivity contribution in [2.75, 3.05) is 5.75 Å². The molecule has 0 fully saturated rings. The van der Waals surface area contributed by atoms with E-state index in [1.54, 1.807) is 28.1 Å². The Balaban J connectivity index is 1.86.